The molecule has 1 aliphatic rings. The molecule has 0 bridgehead atoms. The van der Waals surface area contributed by atoms with E-state index in [-0.39, 0.29) is 17.2 Å². The molecule has 0 heterocycles. The number of amides is 2. The van der Waals surface area contributed by atoms with Crippen molar-refractivity contribution in [1.82, 2.24) is 9.80 Å². The van der Waals surface area contributed by atoms with Crippen LogP contribution in [0.15, 0.2) is 60.7 Å². The Morgan fingerprint density at radius 1 is 0.724 bits per heavy atom. The predicted molar refractivity (Wildman–Crippen MR) is 116 cm³/mol. The van der Waals surface area contributed by atoms with E-state index < -0.39 is 0 Å². The van der Waals surface area contributed by atoms with Gasteiger partial charge in [0.05, 0.1) is 0 Å². The van der Waals surface area contributed by atoms with E-state index in [1.54, 1.807) is 9.80 Å². The Labute approximate surface area is 174 Å². The monoisotopic (exact) mass is 392 g/mol. The van der Waals surface area contributed by atoms with Gasteiger partial charge in [0, 0.05) is 40.0 Å². The lowest BCUT2D eigenvalue weighted by atomic mass is 9.78. The molecular formula is C25H32N2O2. The van der Waals surface area contributed by atoms with Crippen LogP contribution in [-0.4, -0.2) is 35.7 Å². The molecule has 0 aromatic heterocycles. The summed E-state index contributed by atoms with van der Waals surface area (Å²) in [6, 6.07) is 20.1. The summed E-state index contributed by atoms with van der Waals surface area (Å²) in [4.78, 5) is 29.5. The predicted octanol–water partition coefficient (Wildman–Crippen LogP) is 4.64. The van der Waals surface area contributed by atoms with Crippen molar-refractivity contribution in [3.05, 3.63) is 71.8 Å². The quantitative estimate of drug-likeness (QED) is 0.656. The Morgan fingerprint density at radius 2 is 1.10 bits per heavy atom. The van der Waals surface area contributed by atoms with Gasteiger partial charge in [-0.25, -0.2) is 0 Å². The maximum absolute atomic E-state index is 13.0. The molecule has 0 saturated heterocycles. The van der Waals surface area contributed by atoms with Crippen molar-refractivity contribution in [2.75, 3.05) is 14.1 Å². The third-order valence-electron chi connectivity index (χ3n) is 6.09. The first-order valence-corrected chi connectivity index (χ1v) is 10.5. The van der Waals surface area contributed by atoms with Crippen LogP contribution < -0.4 is 0 Å². The van der Waals surface area contributed by atoms with Gasteiger partial charge in [-0.1, -0.05) is 73.5 Å². The zero-order chi connectivity index (χ0) is 20.7. The SMILES string of the molecule is CN(Cc1ccccc1)C(=O)CC1(CC(=O)N(C)Cc2ccccc2)CCCC1. The molecule has 0 spiro atoms. The lowest BCUT2D eigenvalue weighted by molar-refractivity contribution is -0.136. The minimum Gasteiger partial charge on any atom is -0.341 e. The summed E-state index contributed by atoms with van der Waals surface area (Å²) in [5, 5.41) is 0. The van der Waals surface area contributed by atoms with E-state index in [2.05, 4.69) is 0 Å². The average Bonchev–Trinajstić information content (AvgIpc) is 3.17. The fraction of sp³-hybridized carbons (Fsp3) is 0.440. The lowest BCUT2D eigenvalue weighted by Gasteiger charge is -2.32. The van der Waals surface area contributed by atoms with Crippen LogP contribution >= 0.6 is 0 Å². The second kappa shape index (κ2) is 9.73. The van der Waals surface area contributed by atoms with Gasteiger partial charge in [0.15, 0.2) is 0 Å². The fourth-order valence-corrected chi connectivity index (χ4v) is 4.34. The number of carbonyl (C=O) groups is 2. The highest BCUT2D eigenvalue weighted by Crippen LogP contribution is 2.44. The van der Waals surface area contributed by atoms with Crippen molar-refractivity contribution in [1.29, 1.82) is 0 Å². The smallest absolute Gasteiger partial charge is 0.223 e. The van der Waals surface area contributed by atoms with Crippen LogP contribution in [0.1, 0.15) is 49.7 Å². The van der Waals surface area contributed by atoms with Crippen LogP contribution in [-0.2, 0) is 22.7 Å². The molecule has 0 radical (unpaired) electrons. The summed E-state index contributed by atoms with van der Waals surface area (Å²) in [6.45, 7) is 1.22. The van der Waals surface area contributed by atoms with Gasteiger partial charge in [0.2, 0.25) is 11.8 Å². The van der Waals surface area contributed by atoms with E-state index in [0.29, 0.717) is 25.9 Å². The van der Waals surface area contributed by atoms with E-state index in [0.717, 1.165) is 36.8 Å². The molecule has 154 valence electrons. The first-order valence-electron chi connectivity index (χ1n) is 10.5. The van der Waals surface area contributed by atoms with Crippen molar-refractivity contribution >= 4 is 11.8 Å². The van der Waals surface area contributed by atoms with Crippen LogP contribution in [0.25, 0.3) is 0 Å². The topological polar surface area (TPSA) is 40.6 Å². The molecule has 1 aliphatic carbocycles. The normalized spacial score (nSPS) is 15.1. The third kappa shape index (κ3) is 5.93. The van der Waals surface area contributed by atoms with E-state index in [1.807, 2.05) is 74.8 Å². The van der Waals surface area contributed by atoms with E-state index in [4.69, 9.17) is 0 Å². The Kier molecular flexibility index (Phi) is 7.08. The molecular weight excluding hydrogens is 360 g/mol. The minimum absolute atomic E-state index is 0.134. The molecule has 3 rings (SSSR count). The number of carbonyl (C=O) groups excluding carboxylic acids is 2. The van der Waals surface area contributed by atoms with E-state index >= 15 is 0 Å². The summed E-state index contributed by atoms with van der Waals surface area (Å²) >= 11 is 0. The highest BCUT2D eigenvalue weighted by molar-refractivity contribution is 5.80. The maximum Gasteiger partial charge on any atom is 0.223 e. The number of rotatable bonds is 8. The van der Waals surface area contributed by atoms with Gasteiger partial charge in [-0.05, 0) is 29.4 Å². The summed E-state index contributed by atoms with van der Waals surface area (Å²) in [5.74, 6) is 0.267. The average molecular weight is 393 g/mol. The second-order valence-corrected chi connectivity index (χ2v) is 8.53. The van der Waals surface area contributed by atoms with E-state index in [9.17, 15) is 9.59 Å². The van der Waals surface area contributed by atoms with Crippen molar-refractivity contribution in [3.63, 3.8) is 0 Å². The van der Waals surface area contributed by atoms with Gasteiger partial charge in [0.1, 0.15) is 0 Å². The van der Waals surface area contributed by atoms with Crippen LogP contribution in [0.2, 0.25) is 0 Å². The largest absolute Gasteiger partial charge is 0.341 e. The number of hydrogen-bond donors (Lipinski definition) is 0. The third-order valence-corrected chi connectivity index (χ3v) is 6.09. The molecule has 2 amide bonds. The molecule has 29 heavy (non-hydrogen) atoms. The summed E-state index contributed by atoms with van der Waals surface area (Å²) in [7, 11) is 3.72. The lowest BCUT2D eigenvalue weighted by Crippen LogP contribution is -2.36. The maximum atomic E-state index is 13.0. The molecule has 4 heteroatoms. The van der Waals surface area contributed by atoms with Crippen molar-refractivity contribution in [2.24, 2.45) is 5.41 Å². The van der Waals surface area contributed by atoms with Gasteiger partial charge in [-0.3, -0.25) is 9.59 Å². The zero-order valence-corrected chi connectivity index (χ0v) is 17.6. The van der Waals surface area contributed by atoms with Crippen LogP contribution in [0.5, 0.6) is 0 Å². The second-order valence-electron chi connectivity index (χ2n) is 8.53. The van der Waals surface area contributed by atoms with Crippen molar-refractivity contribution in [2.45, 2.75) is 51.6 Å². The van der Waals surface area contributed by atoms with Crippen LogP contribution in [0, 0.1) is 5.41 Å². The zero-order valence-electron chi connectivity index (χ0n) is 17.6. The van der Waals surface area contributed by atoms with Crippen LogP contribution in [0.4, 0.5) is 0 Å². The Balaban J connectivity index is 1.60. The molecule has 0 unspecified atom stereocenters. The summed E-state index contributed by atoms with van der Waals surface area (Å²) < 4.78 is 0. The van der Waals surface area contributed by atoms with Crippen molar-refractivity contribution in [3.8, 4) is 0 Å². The van der Waals surface area contributed by atoms with Crippen LogP contribution in [0.3, 0.4) is 0 Å². The molecule has 4 nitrogen and oxygen atoms in total. The van der Waals surface area contributed by atoms with Gasteiger partial charge < -0.3 is 9.80 Å². The summed E-state index contributed by atoms with van der Waals surface area (Å²) in [5.41, 5.74) is 2.06. The van der Waals surface area contributed by atoms with Crippen molar-refractivity contribution < 1.29 is 9.59 Å². The van der Waals surface area contributed by atoms with E-state index in [1.165, 1.54) is 0 Å². The van der Waals surface area contributed by atoms with Gasteiger partial charge in [-0.2, -0.15) is 0 Å². The Hall–Kier alpha value is -2.62. The van der Waals surface area contributed by atoms with Gasteiger partial charge in [0.25, 0.3) is 0 Å². The standard InChI is InChI=1S/C25H32N2O2/c1-26(19-21-11-5-3-6-12-21)23(28)17-25(15-9-10-16-25)18-24(29)27(2)20-22-13-7-4-8-14-22/h3-8,11-14H,9-10,15-20H2,1-2H3. The highest BCUT2D eigenvalue weighted by atomic mass is 16.2. The van der Waals surface area contributed by atoms with Gasteiger partial charge in [-0.15, -0.1) is 0 Å². The fourth-order valence-electron chi connectivity index (χ4n) is 4.34. The Bertz CT molecular complexity index is 735. The number of benzene rings is 2. The molecule has 1 fully saturated rings. The molecule has 0 N–H and O–H groups in total. The Morgan fingerprint density at radius 3 is 1.48 bits per heavy atom. The first-order chi connectivity index (χ1) is 14.0. The molecule has 0 atom stereocenters. The number of hydrogen-bond acceptors (Lipinski definition) is 2. The van der Waals surface area contributed by atoms with Gasteiger partial charge >= 0.3 is 0 Å². The molecule has 0 aliphatic heterocycles. The first kappa shape index (κ1) is 21.1. The highest BCUT2D eigenvalue weighted by Gasteiger charge is 2.39. The molecule has 1 saturated carbocycles. The molecule has 2 aromatic rings. The molecule has 2 aromatic carbocycles. The minimum atomic E-state index is -0.190. The summed E-state index contributed by atoms with van der Waals surface area (Å²) in [6.07, 6.45) is 5.05. The number of nitrogens with zero attached hydrogens (tertiary/aromatic N) is 2.